The van der Waals surface area contributed by atoms with Gasteiger partial charge in [-0.15, -0.1) is 0 Å². The zero-order chi connectivity index (χ0) is 22.0. The van der Waals surface area contributed by atoms with Crippen LogP contribution in [0.15, 0.2) is 76.0 Å². The molecule has 0 saturated carbocycles. The molecule has 160 valence electrons. The van der Waals surface area contributed by atoms with Crippen LogP contribution in [0.5, 0.6) is 0 Å². The number of hydrogen-bond acceptors (Lipinski definition) is 2. The second-order valence-electron chi connectivity index (χ2n) is 7.72. The van der Waals surface area contributed by atoms with Crippen molar-refractivity contribution in [2.24, 2.45) is 0 Å². The molecular weight excluding hydrogens is 496 g/mol. The van der Waals surface area contributed by atoms with E-state index in [4.69, 9.17) is 0 Å². The molecule has 0 aromatic heterocycles. The van der Waals surface area contributed by atoms with Gasteiger partial charge in [-0.05, 0) is 0 Å². The van der Waals surface area contributed by atoms with Gasteiger partial charge in [0.1, 0.15) is 0 Å². The summed E-state index contributed by atoms with van der Waals surface area (Å²) in [5, 5.41) is 0. The molecule has 1 aliphatic heterocycles. The molecule has 0 fully saturated rings. The van der Waals surface area contributed by atoms with E-state index in [1.807, 2.05) is 0 Å². The Labute approximate surface area is 193 Å². The normalized spacial score (nSPS) is 15.5. The third kappa shape index (κ3) is 4.00. The van der Waals surface area contributed by atoms with Gasteiger partial charge in [0.2, 0.25) is 0 Å². The summed E-state index contributed by atoms with van der Waals surface area (Å²) in [7, 11) is 0. The third-order valence-electron chi connectivity index (χ3n) is 6.19. The molecule has 0 unspecified atom stereocenters. The molecule has 2 aromatic carbocycles. The Hall–Kier alpha value is -2.28. The molecule has 0 bridgehead atoms. The second-order valence-corrected chi connectivity index (χ2v) is 11.8. The Morgan fingerprint density at radius 1 is 0.903 bits per heavy atom. The van der Waals surface area contributed by atoms with Gasteiger partial charge in [0.05, 0.1) is 0 Å². The Kier molecular flexibility index (Phi) is 6.70. The summed E-state index contributed by atoms with van der Waals surface area (Å²) in [6.45, 7) is 12.5. The van der Waals surface area contributed by atoms with E-state index in [0.29, 0.717) is 0 Å². The predicted octanol–water partition coefficient (Wildman–Crippen LogP) is 4.51. The standard InChI is InChI=1S/C27H31N2OTe/c1-5-28(6-2)21-14-16-23-25(18-21)31(30)26-19-22(29(7-3)8-4)15-17-24(26)27(23)20-12-10-9-11-13-20/h9-19H,5-8H2,1-4H3/q+1. The van der Waals surface area contributed by atoms with E-state index in [1.54, 1.807) is 0 Å². The van der Waals surface area contributed by atoms with Gasteiger partial charge in [0, 0.05) is 0 Å². The van der Waals surface area contributed by atoms with Crippen molar-refractivity contribution >= 4 is 40.1 Å². The van der Waals surface area contributed by atoms with Crippen molar-refractivity contribution < 1.29 is 7.68 Å². The molecule has 0 saturated heterocycles. The van der Waals surface area contributed by atoms with Gasteiger partial charge in [-0.1, -0.05) is 0 Å². The molecule has 1 aliphatic carbocycles. The average molecular weight is 527 g/mol. The fraction of sp³-hybridized carbons (Fsp3) is 0.296. The quantitative estimate of drug-likeness (QED) is 0.408. The van der Waals surface area contributed by atoms with Crippen molar-refractivity contribution in [3.63, 3.8) is 0 Å². The van der Waals surface area contributed by atoms with Gasteiger partial charge in [-0.2, -0.15) is 0 Å². The first-order valence-corrected chi connectivity index (χ1v) is 14.5. The van der Waals surface area contributed by atoms with Crippen LogP contribution in [0.3, 0.4) is 0 Å². The summed E-state index contributed by atoms with van der Waals surface area (Å²) in [5.74, 6) is 0. The SMILES string of the molecule is CCN(CC)c1ccc2c(c1)[Te](=O)C1=CC(=[N+](CC)CC)C=CC1=C2c1ccccc1. The van der Waals surface area contributed by atoms with Crippen LogP contribution >= 0.6 is 0 Å². The molecule has 31 heavy (non-hydrogen) atoms. The van der Waals surface area contributed by atoms with Gasteiger partial charge in [0.15, 0.2) is 0 Å². The predicted molar refractivity (Wildman–Crippen MR) is 132 cm³/mol. The molecule has 3 nitrogen and oxygen atoms in total. The van der Waals surface area contributed by atoms with E-state index in [0.717, 1.165) is 44.5 Å². The maximum absolute atomic E-state index is 14.0. The van der Waals surface area contributed by atoms with Crippen LogP contribution in [0.1, 0.15) is 38.8 Å². The molecule has 4 heteroatoms. The second kappa shape index (κ2) is 9.47. The minimum absolute atomic E-state index is 0.946. The first-order valence-electron chi connectivity index (χ1n) is 11.3. The van der Waals surface area contributed by atoms with E-state index >= 15 is 0 Å². The van der Waals surface area contributed by atoms with Crippen LogP contribution in [0.2, 0.25) is 0 Å². The molecule has 2 aliphatic rings. The van der Waals surface area contributed by atoms with Gasteiger partial charge < -0.3 is 0 Å². The zero-order valence-electron chi connectivity index (χ0n) is 18.9. The molecule has 1 heterocycles. The van der Waals surface area contributed by atoms with Crippen molar-refractivity contribution in [1.82, 2.24) is 0 Å². The van der Waals surface area contributed by atoms with Crippen LogP contribution < -0.4 is 8.51 Å². The van der Waals surface area contributed by atoms with Gasteiger partial charge in [0.25, 0.3) is 0 Å². The monoisotopic (exact) mass is 529 g/mol. The van der Waals surface area contributed by atoms with E-state index in [9.17, 15) is 3.10 Å². The van der Waals surface area contributed by atoms with Gasteiger partial charge in [-0.25, -0.2) is 0 Å². The van der Waals surface area contributed by atoms with Gasteiger partial charge in [-0.3, -0.25) is 0 Å². The number of benzene rings is 2. The molecule has 0 atom stereocenters. The molecule has 2 aromatic rings. The Bertz CT molecular complexity index is 1130. The zero-order valence-corrected chi connectivity index (χ0v) is 21.2. The summed E-state index contributed by atoms with van der Waals surface area (Å²) >= 11 is -2.93. The summed E-state index contributed by atoms with van der Waals surface area (Å²) in [4.78, 5) is 2.33. The first-order chi connectivity index (χ1) is 15.1. The fourth-order valence-electron chi connectivity index (χ4n) is 4.49. The summed E-state index contributed by atoms with van der Waals surface area (Å²) in [5.41, 5.74) is 6.99. The maximum atomic E-state index is 14.0. The van der Waals surface area contributed by atoms with Crippen LogP contribution in [-0.4, -0.2) is 56.0 Å². The van der Waals surface area contributed by atoms with Crippen molar-refractivity contribution in [3.05, 3.63) is 87.1 Å². The molecule has 0 amide bonds. The van der Waals surface area contributed by atoms with Crippen molar-refractivity contribution in [3.8, 4) is 0 Å². The molecule has 0 N–H and O–H groups in total. The van der Waals surface area contributed by atoms with Crippen molar-refractivity contribution in [1.29, 1.82) is 0 Å². The topological polar surface area (TPSA) is 23.3 Å². The molecular formula is C27H31N2OTe+. The van der Waals surface area contributed by atoms with E-state index in [-0.39, 0.29) is 0 Å². The molecule has 0 radical (unpaired) electrons. The van der Waals surface area contributed by atoms with E-state index in [2.05, 4.69) is 104 Å². The first kappa shape index (κ1) is 21.9. The van der Waals surface area contributed by atoms with E-state index < -0.39 is 19.5 Å². The minimum atomic E-state index is -2.93. The summed E-state index contributed by atoms with van der Waals surface area (Å²) < 4.78 is 18.4. The number of hydrogen-bond donors (Lipinski definition) is 0. The van der Waals surface area contributed by atoms with Crippen LogP contribution in [-0.2, 0) is 3.10 Å². The Morgan fingerprint density at radius 2 is 1.61 bits per heavy atom. The number of rotatable bonds is 6. The number of allylic oxidation sites excluding steroid dienone is 5. The van der Waals surface area contributed by atoms with Crippen molar-refractivity contribution in [2.45, 2.75) is 27.7 Å². The third-order valence-corrected chi connectivity index (χ3v) is 10.4. The average Bonchev–Trinajstić information content (AvgIpc) is 2.82. The Balaban J connectivity index is 1.98. The fourth-order valence-corrected chi connectivity index (χ4v) is 8.58. The number of nitrogens with zero attached hydrogens (tertiary/aromatic N) is 2. The van der Waals surface area contributed by atoms with Crippen LogP contribution in [0, 0.1) is 0 Å². The molecule has 0 spiro atoms. The summed E-state index contributed by atoms with van der Waals surface area (Å²) in [6.07, 6.45) is 6.58. The van der Waals surface area contributed by atoms with Crippen LogP contribution in [0.25, 0.3) is 5.57 Å². The number of anilines is 1. The summed E-state index contributed by atoms with van der Waals surface area (Å²) in [6, 6.07) is 17.1. The Morgan fingerprint density at radius 3 is 2.26 bits per heavy atom. The van der Waals surface area contributed by atoms with Crippen molar-refractivity contribution in [2.75, 3.05) is 31.1 Å². The number of fused-ring (bicyclic) bond motifs is 2. The van der Waals surface area contributed by atoms with E-state index in [1.165, 1.54) is 22.5 Å². The van der Waals surface area contributed by atoms with Gasteiger partial charge >= 0.3 is 194 Å². The van der Waals surface area contributed by atoms with Crippen LogP contribution in [0.4, 0.5) is 5.69 Å². The molecule has 4 rings (SSSR count).